The zero-order chi connectivity index (χ0) is 10.6. The van der Waals surface area contributed by atoms with Crippen molar-refractivity contribution in [3.05, 3.63) is 18.0 Å². The van der Waals surface area contributed by atoms with Crippen LogP contribution in [0.25, 0.3) is 0 Å². The van der Waals surface area contributed by atoms with Crippen LogP contribution in [-0.4, -0.2) is 34.3 Å². The van der Waals surface area contributed by atoms with E-state index in [1.165, 1.54) is 5.69 Å². The van der Waals surface area contributed by atoms with E-state index in [-0.39, 0.29) is 0 Å². The van der Waals surface area contributed by atoms with Crippen LogP contribution < -0.4 is 0 Å². The molecule has 0 aliphatic rings. The van der Waals surface area contributed by atoms with Crippen molar-refractivity contribution < 1.29 is 0 Å². The van der Waals surface area contributed by atoms with E-state index in [1.54, 1.807) is 0 Å². The summed E-state index contributed by atoms with van der Waals surface area (Å²) >= 11 is 0. The topological polar surface area (TPSA) is 21.1 Å². The molecule has 0 amide bonds. The second-order valence-corrected chi connectivity index (χ2v) is 4.12. The van der Waals surface area contributed by atoms with Crippen molar-refractivity contribution in [2.75, 3.05) is 13.6 Å². The van der Waals surface area contributed by atoms with Gasteiger partial charge in [-0.05, 0) is 46.9 Å². The molecule has 0 saturated heterocycles. The normalized spacial score (nSPS) is 11.6. The van der Waals surface area contributed by atoms with Gasteiger partial charge in [0.2, 0.25) is 0 Å². The average Bonchev–Trinajstić information content (AvgIpc) is 2.51. The number of hydrogen-bond acceptors (Lipinski definition) is 2. The smallest absolute Gasteiger partial charge is 0.0492 e. The third-order valence-corrected chi connectivity index (χ3v) is 2.69. The van der Waals surface area contributed by atoms with Crippen molar-refractivity contribution in [2.24, 2.45) is 0 Å². The molecule has 0 aliphatic carbocycles. The number of aryl methyl sites for hydroxylation is 2. The Kier molecular flexibility index (Phi) is 4.14. The van der Waals surface area contributed by atoms with Crippen LogP contribution in [0.15, 0.2) is 12.3 Å². The molecule has 0 unspecified atom stereocenters. The maximum atomic E-state index is 4.26. The van der Waals surface area contributed by atoms with Gasteiger partial charge in [0.15, 0.2) is 0 Å². The van der Waals surface area contributed by atoms with E-state index in [0.717, 1.165) is 19.5 Å². The third-order valence-electron chi connectivity index (χ3n) is 2.69. The molecule has 80 valence electrons. The molecule has 14 heavy (non-hydrogen) atoms. The van der Waals surface area contributed by atoms with Gasteiger partial charge in [0.25, 0.3) is 0 Å². The molecule has 0 bridgehead atoms. The Morgan fingerprint density at radius 2 is 2.21 bits per heavy atom. The number of aromatic nitrogens is 2. The van der Waals surface area contributed by atoms with E-state index in [9.17, 15) is 0 Å². The lowest BCUT2D eigenvalue weighted by Gasteiger charge is -2.20. The molecule has 0 N–H and O–H groups in total. The molecule has 1 heterocycles. The standard InChI is InChI=1S/C11H21N3/c1-10(2)13(4)8-5-9-14-11(3)6-7-12-14/h6-7,10H,5,8-9H2,1-4H3. The Balaban J connectivity index is 2.25. The van der Waals surface area contributed by atoms with Crippen LogP contribution >= 0.6 is 0 Å². The molecule has 0 aliphatic heterocycles. The van der Waals surface area contributed by atoms with Crippen LogP contribution in [-0.2, 0) is 6.54 Å². The Labute approximate surface area is 86.7 Å². The molecule has 0 aromatic carbocycles. The fraction of sp³-hybridized carbons (Fsp3) is 0.727. The maximum absolute atomic E-state index is 4.26. The van der Waals surface area contributed by atoms with Crippen LogP contribution in [0.3, 0.4) is 0 Å². The van der Waals surface area contributed by atoms with Gasteiger partial charge < -0.3 is 4.90 Å². The Hall–Kier alpha value is -0.830. The minimum atomic E-state index is 0.633. The summed E-state index contributed by atoms with van der Waals surface area (Å²) in [5.41, 5.74) is 1.25. The summed E-state index contributed by atoms with van der Waals surface area (Å²) < 4.78 is 2.06. The van der Waals surface area contributed by atoms with Crippen molar-refractivity contribution in [1.82, 2.24) is 14.7 Å². The summed E-state index contributed by atoms with van der Waals surface area (Å²) in [4.78, 5) is 2.36. The lowest BCUT2D eigenvalue weighted by Crippen LogP contribution is -2.28. The van der Waals surface area contributed by atoms with Crippen molar-refractivity contribution in [1.29, 1.82) is 0 Å². The molecule has 0 radical (unpaired) electrons. The first kappa shape index (κ1) is 11.2. The van der Waals surface area contributed by atoms with E-state index < -0.39 is 0 Å². The highest BCUT2D eigenvalue weighted by Gasteiger charge is 2.03. The molecule has 1 aromatic heterocycles. The van der Waals surface area contributed by atoms with Gasteiger partial charge >= 0.3 is 0 Å². The molecule has 3 nitrogen and oxygen atoms in total. The number of nitrogens with zero attached hydrogens (tertiary/aromatic N) is 3. The lowest BCUT2D eigenvalue weighted by atomic mass is 10.3. The second kappa shape index (κ2) is 5.15. The third kappa shape index (κ3) is 3.14. The highest BCUT2D eigenvalue weighted by Crippen LogP contribution is 2.00. The van der Waals surface area contributed by atoms with Gasteiger partial charge in [0.05, 0.1) is 0 Å². The van der Waals surface area contributed by atoms with Crippen molar-refractivity contribution >= 4 is 0 Å². The summed E-state index contributed by atoms with van der Waals surface area (Å²) in [7, 11) is 2.17. The van der Waals surface area contributed by atoms with Crippen LogP contribution in [0.4, 0.5) is 0 Å². The van der Waals surface area contributed by atoms with Gasteiger partial charge in [-0.1, -0.05) is 0 Å². The van der Waals surface area contributed by atoms with E-state index >= 15 is 0 Å². The molecular weight excluding hydrogens is 174 g/mol. The zero-order valence-corrected chi connectivity index (χ0v) is 9.70. The fourth-order valence-electron chi connectivity index (χ4n) is 1.36. The second-order valence-electron chi connectivity index (χ2n) is 4.12. The largest absolute Gasteiger partial charge is 0.304 e. The maximum Gasteiger partial charge on any atom is 0.0492 e. The predicted molar refractivity (Wildman–Crippen MR) is 59.3 cm³/mol. The van der Waals surface area contributed by atoms with Crippen LogP contribution in [0.5, 0.6) is 0 Å². The minimum Gasteiger partial charge on any atom is -0.304 e. The van der Waals surface area contributed by atoms with Crippen molar-refractivity contribution in [2.45, 2.75) is 39.8 Å². The Morgan fingerprint density at radius 1 is 1.50 bits per heavy atom. The average molecular weight is 195 g/mol. The molecule has 0 fully saturated rings. The fourth-order valence-corrected chi connectivity index (χ4v) is 1.36. The zero-order valence-electron chi connectivity index (χ0n) is 9.70. The van der Waals surface area contributed by atoms with Gasteiger partial charge in [-0.3, -0.25) is 4.68 Å². The molecule has 0 spiro atoms. The Bertz CT molecular complexity index is 265. The molecule has 1 rings (SSSR count). The molecule has 0 atom stereocenters. The first-order chi connectivity index (χ1) is 6.61. The highest BCUT2D eigenvalue weighted by atomic mass is 15.3. The highest BCUT2D eigenvalue weighted by molar-refractivity contribution is 4.96. The van der Waals surface area contributed by atoms with Gasteiger partial charge in [-0.25, -0.2) is 0 Å². The van der Waals surface area contributed by atoms with Crippen LogP contribution in [0, 0.1) is 6.92 Å². The first-order valence-corrected chi connectivity index (χ1v) is 5.30. The van der Waals surface area contributed by atoms with Gasteiger partial charge in [0, 0.05) is 24.5 Å². The summed E-state index contributed by atoms with van der Waals surface area (Å²) in [6.07, 6.45) is 3.03. The van der Waals surface area contributed by atoms with E-state index in [0.29, 0.717) is 6.04 Å². The molecule has 1 aromatic rings. The van der Waals surface area contributed by atoms with Crippen molar-refractivity contribution in [3.8, 4) is 0 Å². The van der Waals surface area contributed by atoms with Gasteiger partial charge in [0.1, 0.15) is 0 Å². The van der Waals surface area contributed by atoms with Crippen LogP contribution in [0.1, 0.15) is 26.0 Å². The number of hydrogen-bond donors (Lipinski definition) is 0. The summed E-state index contributed by atoms with van der Waals surface area (Å²) in [5, 5.41) is 4.26. The molecule has 3 heteroatoms. The van der Waals surface area contributed by atoms with Crippen LogP contribution in [0.2, 0.25) is 0 Å². The minimum absolute atomic E-state index is 0.633. The molecular formula is C11H21N3. The number of rotatable bonds is 5. The van der Waals surface area contributed by atoms with Gasteiger partial charge in [-0.2, -0.15) is 5.10 Å². The SMILES string of the molecule is Cc1ccnn1CCCN(C)C(C)C. The van der Waals surface area contributed by atoms with E-state index in [1.807, 2.05) is 12.3 Å². The van der Waals surface area contributed by atoms with E-state index in [2.05, 4.69) is 42.5 Å². The van der Waals surface area contributed by atoms with Gasteiger partial charge in [-0.15, -0.1) is 0 Å². The van der Waals surface area contributed by atoms with E-state index in [4.69, 9.17) is 0 Å². The Morgan fingerprint density at radius 3 is 2.71 bits per heavy atom. The molecule has 0 saturated carbocycles. The summed E-state index contributed by atoms with van der Waals surface area (Å²) in [6.45, 7) is 8.70. The lowest BCUT2D eigenvalue weighted by molar-refractivity contribution is 0.263. The predicted octanol–water partition coefficient (Wildman–Crippen LogP) is 1.92. The first-order valence-electron chi connectivity index (χ1n) is 5.30. The summed E-state index contributed by atoms with van der Waals surface area (Å²) in [6, 6.07) is 2.68. The summed E-state index contributed by atoms with van der Waals surface area (Å²) in [5.74, 6) is 0. The van der Waals surface area contributed by atoms with Crippen molar-refractivity contribution in [3.63, 3.8) is 0 Å². The quantitative estimate of drug-likeness (QED) is 0.715. The monoisotopic (exact) mass is 195 g/mol.